The van der Waals surface area contributed by atoms with Crippen LogP contribution in [0.5, 0.6) is 0 Å². The summed E-state index contributed by atoms with van der Waals surface area (Å²) < 4.78 is 10.9. The van der Waals surface area contributed by atoms with Crippen LogP contribution in [0.1, 0.15) is 18.6 Å². The molecule has 2 aliphatic rings. The van der Waals surface area contributed by atoms with Gasteiger partial charge in [0.15, 0.2) is 5.88 Å². The van der Waals surface area contributed by atoms with Crippen LogP contribution in [0.4, 0.5) is 5.88 Å². The van der Waals surface area contributed by atoms with Crippen molar-refractivity contribution in [2.75, 3.05) is 50.8 Å². The quantitative estimate of drug-likeness (QED) is 0.639. The molecule has 0 unspecified atom stereocenters. The minimum absolute atomic E-state index is 0.121. The monoisotopic (exact) mass is 306 g/mol. The summed E-state index contributed by atoms with van der Waals surface area (Å²) in [6, 6.07) is 3.81. The molecule has 1 N–H and O–H groups in total. The van der Waals surface area contributed by atoms with Crippen LogP contribution in [0.2, 0.25) is 0 Å². The maximum absolute atomic E-state index is 11.8. The highest BCUT2D eigenvalue weighted by Crippen LogP contribution is 2.21. The van der Waals surface area contributed by atoms with E-state index in [1.807, 2.05) is 17.0 Å². The second-order valence-corrected chi connectivity index (χ2v) is 5.55. The van der Waals surface area contributed by atoms with E-state index in [2.05, 4.69) is 15.4 Å². The third-order valence-corrected chi connectivity index (χ3v) is 3.88. The zero-order chi connectivity index (χ0) is 15.2. The van der Waals surface area contributed by atoms with Gasteiger partial charge in [0.2, 0.25) is 0 Å². The molecule has 0 radical (unpaired) electrons. The number of amides is 1. The molecule has 1 aromatic heterocycles. The Bertz CT molecular complexity index is 517. The summed E-state index contributed by atoms with van der Waals surface area (Å²) in [7, 11) is 0. The number of nitrogens with one attached hydrogen (secondary N) is 1. The van der Waals surface area contributed by atoms with Gasteiger partial charge in [-0.25, -0.2) is 5.43 Å². The van der Waals surface area contributed by atoms with E-state index < -0.39 is 0 Å². The number of anilines is 1. The highest BCUT2D eigenvalue weighted by atomic mass is 16.5. The molecule has 0 bridgehead atoms. The van der Waals surface area contributed by atoms with E-state index in [0.717, 1.165) is 32.1 Å². The van der Waals surface area contributed by atoms with Crippen LogP contribution in [0.3, 0.4) is 0 Å². The zero-order valence-electron chi connectivity index (χ0n) is 12.7. The van der Waals surface area contributed by atoms with Crippen molar-refractivity contribution < 1.29 is 13.9 Å². The first kappa shape index (κ1) is 15.1. The molecule has 120 valence electrons. The highest BCUT2D eigenvalue weighted by Gasteiger charge is 2.15. The molecule has 2 saturated heterocycles. The molecule has 1 aromatic rings. The van der Waals surface area contributed by atoms with Crippen molar-refractivity contribution in [3.05, 3.63) is 17.9 Å². The summed E-state index contributed by atoms with van der Waals surface area (Å²) in [5, 5.41) is 3.95. The fraction of sp³-hybridized carbons (Fsp3) is 0.600. The minimum atomic E-state index is -0.121. The van der Waals surface area contributed by atoms with Crippen molar-refractivity contribution in [3.63, 3.8) is 0 Å². The van der Waals surface area contributed by atoms with Crippen molar-refractivity contribution in [2.24, 2.45) is 5.10 Å². The van der Waals surface area contributed by atoms with Crippen LogP contribution in [-0.4, -0.2) is 63.0 Å². The van der Waals surface area contributed by atoms with Crippen molar-refractivity contribution in [2.45, 2.75) is 12.8 Å². The van der Waals surface area contributed by atoms with Gasteiger partial charge in [-0.2, -0.15) is 5.10 Å². The molecule has 3 heterocycles. The average molecular weight is 306 g/mol. The van der Waals surface area contributed by atoms with Crippen molar-refractivity contribution in [3.8, 4) is 0 Å². The molecule has 0 saturated carbocycles. The molecule has 7 heteroatoms. The first-order valence-corrected chi connectivity index (χ1v) is 7.78. The first-order chi connectivity index (χ1) is 10.8. The van der Waals surface area contributed by atoms with Gasteiger partial charge >= 0.3 is 0 Å². The molecule has 3 rings (SSSR count). The van der Waals surface area contributed by atoms with Gasteiger partial charge in [0, 0.05) is 32.2 Å². The largest absolute Gasteiger partial charge is 0.440 e. The predicted molar refractivity (Wildman–Crippen MR) is 83.2 cm³/mol. The molecule has 0 aliphatic carbocycles. The number of furan rings is 1. The smallest absolute Gasteiger partial charge is 0.254 e. The van der Waals surface area contributed by atoms with Crippen LogP contribution < -0.4 is 10.3 Å². The number of hydrogen-bond acceptors (Lipinski definition) is 6. The Morgan fingerprint density at radius 2 is 2.00 bits per heavy atom. The van der Waals surface area contributed by atoms with Crippen LogP contribution >= 0.6 is 0 Å². The second kappa shape index (κ2) is 7.42. The lowest BCUT2D eigenvalue weighted by atomic mass is 10.4. The summed E-state index contributed by atoms with van der Waals surface area (Å²) in [5.74, 6) is 1.40. The van der Waals surface area contributed by atoms with Gasteiger partial charge in [0.05, 0.1) is 26.0 Å². The molecule has 2 aliphatic heterocycles. The zero-order valence-corrected chi connectivity index (χ0v) is 12.7. The number of carbonyl (C=O) groups excluding carboxylic acids is 1. The van der Waals surface area contributed by atoms with Crippen LogP contribution in [0.25, 0.3) is 0 Å². The van der Waals surface area contributed by atoms with E-state index in [-0.39, 0.29) is 5.91 Å². The number of nitrogens with zero attached hydrogens (tertiary/aromatic N) is 3. The average Bonchev–Trinajstić information content (AvgIpc) is 3.19. The van der Waals surface area contributed by atoms with Crippen LogP contribution in [0.15, 0.2) is 21.7 Å². The Morgan fingerprint density at radius 3 is 2.77 bits per heavy atom. The maximum Gasteiger partial charge on any atom is 0.254 e. The lowest BCUT2D eigenvalue weighted by Gasteiger charge is -2.25. The third kappa shape index (κ3) is 4.08. The Labute approximate surface area is 129 Å². The van der Waals surface area contributed by atoms with Crippen LogP contribution in [0, 0.1) is 0 Å². The van der Waals surface area contributed by atoms with Gasteiger partial charge in [-0.15, -0.1) is 0 Å². The van der Waals surface area contributed by atoms with Crippen molar-refractivity contribution in [1.82, 2.24) is 10.3 Å². The summed E-state index contributed by atoms with van der Waals surface area (Å²) in [6.45, 7) is 5.37. The van der Waals surface area contributed by atoms with E-state index in [4.69, 9.17) is 9.15 Å². The Hall–Kier alpha value is -1.86. The summed E-state index contributed by atoms with van der Waals surface area (Å²) >= 11 is 0. The molecular weight excluding hydrogens is 284 g/mol. The fourth-order valence-electron chi connectivity index (χ4n) is 2.68. The molecule has 0 spiro atoms. The van der Waals surface area contributed by atoms with E-state index in [0.29, 0.717) is 25.5 Å². The van der Waals surface area contributed by atoms with Crippen molar-refractivity contribution in [1.29, 1.82) is 0 Å². The molecule has 2 fully saturated rings. The number of hydrazone groups is 1. The lowest BCUT2D eigenvalue weighted by Crippen LogP contribution is -2.42. The van der Waals surface area contributed by atoms with E-state index in [9.17, 15) is 4.79 Å². The third-order valence-electron chi connectivity index (χ3n) is 3.88. The van der Waals surface area contributed by atoms with Gasteiger partial charge in [-0.05, 0) is 18.9 Å². The highest BCUT2D eigenvalue weighted by molar-refractivity contribution is 5.81. The summed E-state index contributed by atoms with van der Waals surface area (Å²) in [4.78, 5) is 16.0. The van der Waals surface area contributed by atoms with Crippen molar-refractivity contribution >= 4 is 18.0 Å². The molecule has 1 amide bonds. The van der Waals surface area contributed by atoms with Gasteiger partial charge in [0.25, 0.3) is 5.91 Å². The molecule has 0 atom stereocenters. The van der Waals surface area contributed by atoms with Gasteiger partial charge in [0.1, 0.15) is 5.76 Å². The first-order valence-electron chi connectivity index (χ1n) is 7.78. The van der Waals surface area contributed by atoms with E-state index >= 15 is 0 Å². The van der Waals surface area contributed by atoms with Gasteiger partial charge in [-0.1, -0.05) is 0 Å². The number of rotatable bonds is 5. The van der Waals surface area contributed by atoms with Crippen LogP contribution in [-0.2, 0) is 9.53 Å². The predicted octanol–water partition coefficient (Wildman–Crippen LogP) is 0.662. The topological polar surface area (TPSA) is 70.3 Å². The molecule has 7 nitrogen and oxygen atoms in total. The normalized spacial score (nSPS) is 19.9. The summed E-state index contributed by atoms with van der Waals surface area (Å²) in [6.07, 6.45) is 3.96. The SMILES string of the molecule is O=C(CN1CCOCC1)N/N=C\c1ccc(N2CCCC2)o1. The van der Waals surface area contributed by atoms with E-state index in [1.54, 1.807) is 0 Å². The summed E-state index contributed by atoms with van der Waals surface area (Å²) in [5.41, 5.74) is 2.53. The minimum Gasteiger partial charge on any atom is -0.440 e. The maximum atomic E-state index is 11.8. The second-order valence-electron chi connectivity index (χ2n) is 5.55. The fourth-order valence-corrected chi connectivity index (χ4v) is 2.68. The number of hydrogen-bond donors (Lipinski definition) is 1. The Balaban J connectivity index is 1.44. The Kier molecular flexibility index (Phi) is 5.07. The number of carbonyl (C=O) groups is 1. The van der Waals surface area contributed by atoms with Gasteiger partial charge < -0.3 is 14.1 Å². The number of morpholine rings is 1. The molecule has 0 aromatic carbocycles. The lowest BCUT2D eigenvalue weighted by molar-refractivity contribution is -0.123. The molecule has 22 heavy (non-hydrogen) atoms. The Morgan fingerprint density at radius 1 is 1.23 bits per heavy atom. The van der Waals surface area contributed by atoms with E-state index in [1.165, 1.54) is 19.1 Å². The standard InChI is InChI=1S/C15H22N4O3/c20-14(12-18-7-9-21-10-8-18)17-16-11-13-3-4-15(22-13)19-5-1-2-6-19/h3-4,11H,1-2,5-10,12H2,(H,17,20)/b16-11-. The van der Waals surface area contributed by atoms with Gasteiger partial charge in [-0.3, -0.25) is 9.69 Å². The molecular formula is C15H22N4O3. The number of ether oxygens (including phenoxy) is 1.